The van der Waals surface area contributed by atoms with Crippen LogP contribution >= 0.6 is 11.8 Å². The van der Waals surface area contributed by atoms with E-state index in [1.807, 2.05) is 11.8 Å². The average Bonchev–Trinajstić information content (AvgIpc) is 2.56. The highest BCUT2D eigenvalue weighted by Crippen LogP contribution is 2.18. The Morgan fingerprint density at radius 3 is 3.00 bits per heavy atom. The second kappa shape index (κ2) is 5.84. The van der Waals surface area contributed by atoms with Crippen LogP contribution in [0.4, 0.5) is 0 Å². The maximum atomic E-state index is 5.38. The van der Waals surface area contributed by atoms with E-state index in [2.05, 4.69) is 18.5 Å². The van der Waals surface area contributed by atoms with Gasteiger partial charge in [-0.1, -0.05) is 6.92 Å². The maximum absolute atomic E-state index is 5.38. The van der Waals surface area contributed by atoms with Gasteiger partial charge in [0.1, 0.15) is 0 Å². The number of rotatable bonds is 5. The molecule has 0 radical (unpaired) electrons. The van der Waals surface area contributed by atoms with E-state index in [1.54, 1.807) is 0 Å². The fourth-order valence-corrected chi connectivity index (χ4v) is 2.42. The Bertz CT molecular complexity index is 109. The Kier molecular flexibility index (Phi) is 5.04. The molecule has 0 amide bonds. The summed E-state index contributed by atoms with van der Waals surface area (Å²) in [4.78, 5) is 0. The molecule has 0 aromatic carbocycles. The Hall–Kier alpha value is 0.270. The standard InChI is InChI=1S/C9H19NOS/c1-3-10-9(7-12-2)8-4-5-11-6-8/h8-10H,3-7H2,1-2H3. The van der Waals surface area contributed by atoms with E-state index < -0.39 is 0 Å². The fraction of sp³-hybridized carbons (Fsp3) is 1.00. The molecular formula is C9H19NOS. The smallest absolute Gasteiger partial charge is 0.0510 e. The van der Waals surface area contributed by atoms with E-state index in [9.17, 15) is 0 Å². The third kappa shape index (κ3) is 2.96. The monoisotopic (exact) mass is 189 g/mol. The van der Waals surface area contributed by atoms with E-state index in [4.69, 9.17) is 4.74 Å². The summed E-state index contributed by atoms with van der Waals surface area (Å²) in [5.41, 5.74) is 0. The van der Waals surface area contributed by atoms with Crippen LogP contribution in [0.5, 0.6) is 0 Å². The summed E-state index contributed by atoms with van der Waals surface area (Å²) in [5.74, 6) is 1.96. The van der Waals surface area contributed by atoms with Crippen molar-refractivity contribution in [3.63, 3.8) is 0 Å². The molecule has 3 heteroatoms. The van der Waals surface area contributed by atoms with Gasteiger partial charge in [-0.25, -0.2) is 0 Å². The van der Waals surface area contributed by atoms with E-state index >= 15 is 0 Å². The molecule has 1 heterocycles. The molecule has 0 spiro atoms. The van der Waals surface area contributed by atoms with Crippen LogP contribution in [0.1, 0.15) is 13.3 Å². The van der Waals surface area contributed by atoms with Crippen LogP contribution in [0.3, 0.4) is 0 Å². The number of thioether (sulfide) groups is 1. The number of hydrogen-bond acceptors (Lipinski definition) is 3. The van der Waals surface area contributed by atoms with Gasteiger partial charge >= 0.3 is 0 Å². The first kappa shape index (κ1) is 10.4. The minimum atomic E-state index is 0.660. The van der Waals surface area contributed by atoms with Crippen LogP contribution in [-0.2, 0) is 4.74 Å². The van der Waals surface area contributed by atoms with Gasteiger partial charge in [-0.05, 0) is 19.2 Å². The second-order valence-electron chi connectivity index (χ2n) is 3.24. The lowest BCUT2D eigenvalue weighted by Crippen LogP contribution is -2.38. The molecule has 1 aliphatic rings. The molecule has 1 saturated heterocycles. The van der Waals surface area contributed by atoms with Crippen LogP contribution in [0, 0.1) is 5.92 Å². The number of nitrogens with one attached hydrogen (secondary N) is 1. The average molecular weight is 189 g/mol. The van der Waals surface area contributed by atoms with Crippen molar-refractivity contribution in [1.29, 1.82) is 0 Å². The van der Waals surface area contributed by atoms with Crippen molar-refractivity contribution in [2.45, 2.75) is 19.4 Å². The fourth-order valence-electron chi connectivity index (χ4n) is 1.67. The minimum absolute atomic E-state index is 0.660. The largest absolute Gasteiger partial charge is 0.381 e. The van der Waals surface area contributed by atoms with Gasteiger partial charge in [0.25, 0.3) is 0 Å². The molecule has 1 aliphatic heterocycles. The first-order valence-corrected chi connectivity index (χ1v) is 6.08. The zero-order valence-corrected chi connectivity index (χ0v) is 8.82. The van der Waals surface area contributed by atoms with Gasteiger partial charge < -0.3 is 10.1 Å². The summed E-state index contributed by atoms with van der Waals surface area (Å²) in [6.07, 6.45) is 3.40. The summed E-state index contributed by atoms with van der Waals surface area (Å²) in [6, 6.07) is 0.660. The Morgan fingerprint density at radius 2 is 2.50 bits per heavy atom. The van der Waals surface area contributed by atoms with Crippen molar-refractivity contribution >= 4 is 11.8 Å². The van der Waals surface area contributed by atoms with E-state index in [0.717, 1.165) is 25.7 Å². The zero-order valence-electron chi connectivity index (χ0n) is 8.01. The normalized spacial score (nSPS) is 26.0. The summed E-state index contributed by atoms with van der Waals surface area (Å²) in [6.45, 7) is 5.16. The van der Waals surface area contributed by atoms with Crippen LogP contribution in [0.15, 0.2) is 0 Å². The third-order valence-electron chi connectivity index (χ3n) is 2.35. The molecule has 0 aromatic rings. The van der Waals surface area contributed by atoms with Crippen molar-refractivity contribution in [2.75, 3.05) is 31.8 Å². The predicted octanol–water partition coefficient (Wildman–Crippen LogP) is 1.36. The van der Waals surface area contributed by atoms with Crippen LogP contribution in [-0.4, -0.2) is 37.8 Å². The molecule has 2 nitrogen and oxygen atoms in total. The first-order chi connectivity index (χ1) is 5.88. The molecule has 0 aromatic heterocycles. The lowest BCUT2D eigenvalue weighted by atomic mass is 10.0. The highest BCUT2D eigenvalue weighted by Gasteiger charge is 2.24. The van der Waals surface area contributed by atoms with Gasteiger partial charge in [-0.3, -0.25) is 0 Å². The highest BCUT2D eigenvalue weighted by molar-refractivity contribution is 7.98. The van der Waals surface area contributed by atoms with Crippen molar-refractivity contribution < 1.29 is 4.74 Å². The third-order valence-corrected chi connectivity index (χ3v) is 3.04. The van der Waals surface area contributed by atoms with Gasteiger partial charge in [0, 0.05) is 24.3 Å². The molecule has 1 N–H and O–H groups in total. The lowest BCUT2D eigenvalue weighted by molar-refractivity contribution is 0.179. The molecule has 72 valence electrons. The minimum Gasteiger partial charge on any atom is -0.381 e. The molecule has 12 heavy (non-hydrogen) atoms. The molecule has 1 fully saturated rings. The van der Waals surface area contributed by atoms with Gasteiger partial charge in [0.05, 0.1) is 6.61 Å². The molecule has 2 unspecified atom stereocenters. The molecule has 0 bridgehead atoms. The summed E-state index contributed by atoms with van der Waals surface area (Å²) in [5, 5.41) is 3.52. The first-order valence-electron chi connectivity index (χ1n) is 4.68. The number of hydrogen-bond donors (Lipinski definition) is 1. The highest BCUT2D eigenvalue weighted by atomic mass is 32.2. The van der Waals surface area contributed by atoms with Crippen LogP contribution in [0.2, 0.25) is 0 Å². The van der Waals surface area contributed by atoms with Crippen molar-refractivity contribution in [3.8, 4) is 0 Å². The van der Waals surface area contributed by atoms with Gasteiger partial charge in [0.15, 0.2) is 0 Å². The Labute approximate surface area is 79.4 Å². The topological polar surface area (TPSA) is 21.3 Å². The van der Waals surface area contributed by atoms with E-state index in [-0.39, 0.29) is 0 Å². The van der Waals surface area contributed by atoms with Crippen molar-refractivity contribution in [3.05, 3.63) is 0 Å². The summed E-state index contributed by atoms with van der Waals surface area (Å²) >= 11 is 1.92. The number of ether oxygens (including phenoxy) is 1. The van der Waals surface area contributed by atoms with E-state index in [1.165, 1.54) is 12.2 Å². The van der Waals surface area contributed by atoms with Gasteiger partial charge in [-0.2, -0.15) is 11.8 Å². The zero-order chi connectivity index (χ0) is 8.81. The second-order valence-corrected chi connectivity index (χ2v) is 4.15. The SMILES string of the molecule is CCNC(CSC)C1CCOC1. The van der Waals surface area contributed by atoms with Crippen molar-refractivity contribution in [2.24, 2.45) is 5.92 Å². The van der Waals surface area contributed by atoms with Gasteiger partial charge in [0.2, 0.25) is 0 Å². The Balaban J connectivity index is 2.29. The molecular weight excluding hydrogens is 170 g/mol. The van der Waals surface area contributed by atoms with Gasteiger partial charge in [-0.15, -0.1) is 0 Å². The summed E-state index contributed by atoms with van der Waals surface area (Å²) < 4.78 is 5.38. The quantitative estimate of drug-likeness (QED) is 0.705. The molecule has 1 rings (SSSR count). The lowest BCUT2D eigenvalue weighted by Gasteiger charge is -2.22. The van der Waals surface area contributed by atoms with E-state index in [0.29, 0.717) is 6.04 Å². The summed E-state index contributed by atoms with van der Waals surface area (Å²) in [7, 11) is 0. The maximum Gasteiger partial charge on any atom is 0.0510 e. The predicted molar refractivity (Wildman–Crippen MR) is 54.8 cm³/mol. The molecule has 0 saturated carbocycles. The Morgan fingerprint density at radius 1 is 1.67 bits per heavy atom. The van der Waals surface area contributed by atoms with Crippen LogP contribution < -0.4 is 5.32 Å². The molecule has 2 atom stereocenters. The molecule has 0 aliphatic carbocycles. The van der Waals surface area contributed by atoms with Crippen molar-refractivity contribution in [1.82, 2.24) is 5.32 Å². The van der Waals surface area contributed by atoms with Crippen LogP contribution in [0.25, 0.3) is 0 Å².